The van der Waals surface area contributed by atoms with Crippen molar-refractivity contribution in [2.75, 3.05) is 17.6 Å². The minimum absolute atomic E-state index is 0.236. The predicted molar refractivity (Wildman–Crippen MR) is 58.0 cm³/mol. The highest BCUT2D eigenvalue weighted by Crippen LogP contribution is 2.15. The summed E-state index contributed by atoms with van der Waals surface area (Å²) < 4.78 is 0. The van der Waals surface area contributed by atoms with Gasteiger partial charge in [-0.3, -0.25) is 4.98 Å². The molecule has 0 spiro atoms. The average molecular weight is 195 g/mol. The molecule has 1 atom stereocenters. The summed E-state index contributed by atoms with van der Waals surface area (Å²) in [7, 11) is 0. The Labute approximate surface area is 84.2 Å². The highest BCUT2D eigenvalue weighted by molar-refractivity contribution is 5.64. The van der Waals surface area contributed by atoms with Crippen LogP contribution in [-0.2, 0) is 0 Å². The van der Waals surface area contributed by atoms with E-state index >= 15 is 0 Å². The van der Waals surface area contributed by atoms with Gasteiger partial charge in [-0.1, -0.05) is 13.8 Å². The Hall–Kier alpha value is -1.29. The van der Waals surface area contributed by atoms with Crippen LogP contribution < -0.4 is 11.1 Å². The van der Waals surface area contributed by atoms with Crippen LogP contribution in [0, 0.1) is 5.92 Å². The van der Waals surface area contributed by atoms with Crippen LogP contribution in [0.25, 0.3) is 0 Å². The molecule has 0 aromatic carbocycles. The molecule has 0 saturated carbocycles. The summed E-state index contributed by atoms with van der Waals surface area (Å²) in [4.78, 5) is 3.94. The van der Waals surface area contributed by atoms with Gasteiger partial charge in [-0.15, -0.1) is 0 Å². The molecule has 0 aliphatic heterocycles. The van der Waals surface area contributed by atoms with Crippen LogP contribution in [0.4, 0.5) is 11.4 Å². The Morgan fingerprint density at radius 3 is 2.86 bits per heavy atom. The highest BCUT2D eigenvalue weighted by atomic mass is 16.3. The molecule has 14 heavy (non-hydrogen) atoms. The molecule has 0 saturated heterocycles. The normalized spacial score (nSPS) is 12.9. The number of aliphatic hydroxyl groups excluding tert-OH is 1. The number of aromatic nitrogens is 1. The van der Waals surface area contributed by atoms with Gasteiger partial charge in [0.25, 0.3) is 0 Å². The van der Waals surface area contributed by atoms with Crippen molar-refractivity contribution in [3.05, 3.63) is 18.5 Å². The van der Waals surface area contributed by atoms with Crippen molar-refractivity contribution in [3.8, 4) is 0 Å². The van der Waals surface area contributed by atoms with Gasteiger partial charge < -0.3 is 16.2 Å². The molecular weight excluding hydrogens is 178 g/mol. The first-order valence-electron chi connectivity index (χ1n) is 4.72. The van der Waals surface area contributed by atoms with Gasteiger partial charge >= 0.3 is 0 Å². The van der Waals surface area contributed by atoms with E-state index in [1.807, 2.05) is 13.8 Å². The molecule has 4 heteroatoms. The van der Waals surface area contributed by atoms with Crippen molar-refractivity contribution in [3.63, 3.8) is 0 Å². The number of nitrogens with one attached hydrogen (secondary N) is 1. The van der Waals surface area contributed by atoms with Gasteiger partial charge in [0, 0.05) is 12.7 Å². The Morgan fingerprint density at radius 2 is 2.29 bits per heavy atom. The zero-order valence-corrected chi connectivity index (χ0v) is 8.57. The topological polar surface area (TPSA) is 71.2 Å². The summed E-state index contributed by atoms with van der Waals surface area (Å²) in [5, 5.41) is 12.6. The van der Waals surface area contributed by atoms with Gasteiger partial charge in [0.05, 0.1) is 23.7 Å². The van der Waals surface area contributed by atoms with Crippen molar-refractivity contribution in [1.29, 1.82) is 0 Å². The van der Waals surface area contributed by atoms with Gasteiger partial charge in [-0.05, 0) is 12.0 Å². The molecule has 1 rings (SSSR count). The number of nitrogen functional groups attached to an aromatic ring is 1. The van der Waals surface area contributed by atoms with Crippen molar-refractivity contribution in [1.82, 2.24) is 4.98 Å². The van der Waals surface area contributed by atoms with E-state index in [-0.39, 0.29) is 12.0 Å². The van der Waals surface area contributed by atoms with Gasteiger partial charge in [-0.25, -0.2) is 0 Å². The zero-order chi connectivity index (χ0) is 10.6. The fraction of sp³-hybridized carbons (Fsp3) is 0.500. The lowest BCUT2D eigenvalue weighted by Crippen LogP contribution is -2.25. The first-order valence-corrected chi connectivity index (χ1v) is 4.72. The SMILES string of the molecule is CC(C)C(O)CNc1cnccc1N. The number of rotatable bonds is 4. The van der Waals surface area contributed by atoms with Crippen molar-refractivity contribution < 1.29 is 5.11 Å². The Morgan fingerprint density at radius 1 is 1.57 bits per heavy atom. The third-order valence-electron chi connectivity index (χ3n) is 2.13. The minimum Gasteiger partial charge on any atom is -0.397 e. The second-order valence-corrected chi connectivity index (χ2v) is 3.66. The fourth-order valence-electron chi connectivity index (χ4n) is 1.00. The lowest BCUT2D eigenvalue weighted by Gasteiger charge is -2.16. The molecule has 4 N–H and O–H groups in total. The second-order valence-electron chi connectivity index (χ2n) is 3.66. The van der Waals surface area contributed by atoms with Gasteiger partial charge in [-0.2, -0.15) is 0 Å². The van der Waals surface area contributed by atoms with E-state index in [4.69, 9.17) is 5.73 Å². The summed E-state index contributed by atoms with van der Waals surface area (Å²) in [5.41, 5.74) is 7.12. The van der Waals surface area contributed by atoms with Crippen molar-refractivity contribution in [2.45, 2.75) is 20.0 Å². The molecule has 0 radical (unpaired) electrons. The van der Waals surface area contributed by atoms with E-state index in [2.05, 4.69) is 10.3 Å². The zero-order valence-electron chi connectivity index (χ0n) is 8.57. The van der Waals surface area contributed by atoms with Gasteiger partial charge in [0.2, 0.25) is 0 Å². The summed E-state index contributed by atoms with van der Waals surface area (Å²) in [6.07, 6.45) is 2.93. The maximum Gasteiger partial charge on any atom is 0.0761 e. The van der Waals surface area contributed by atoms with Crippen LogP contribution in [-0.4, -0.2) is 22.7 Å². The minimum atomic E-state index is -0.366. The number of nitrogens with two attached hydrogens (primary N) is 1. The van der Waals surface area contributed by atoms with E-state index in [0.29, 0.717) is 12.2 Å². The summed E-state index contributed by atoms with van der Waals surface area (Å²) in [5.74, 6) is 0.236. The maximum absolute atomic E-state index is 9.55. The first-order chi connectivity index (χ1) is 6.61. The Kier molecular flexibility index (Phi) is 3.71. The van der Waals surface area contributed by atoms with Crippen LogP contribution in [0.2, 0.25) is 0 Å². The molecule has 0 aliphatic carbocycles. The quantitative estimate of drug-likeness (QED) is 0.672. The predicted octanol–water partition coefficient (Wildman–Crippen LogP) is 1.09. The average Bonchev–Trinajstić information content (AvgIpc) is 2.16. The molecule has 1 unspecified atom stereocenters. The molecule has 0 bridgehead atoms. The van der Waals surface area contributed by atoms with Gasteiger partial charge in [0.1, 0.15) is 0 Å². The number of hydrogen-bond donors (Lipinski definition) is 3. The monoisotopic (exact) mass is 195 g/mol. The van der Waals surface area contributed by atoms with Crippen LogP contribution in [0.3, 0.4) is 0 Å². The van der Waals surface area contributed by atoms with Crippen molar-refractivity contribution >= 4 is 11.4 Å². The largest absolute Gasteiger partial charge is 0.397 e. The lowest BCUT2D eigenvalue weighted by atomic mass is 10.1. The first kappa shape index (κ1) is 10.8. The number of pyridine rings is 1. The van der Waals surface area contributed by atoms with E-state index < -0.39 is 0 Å². The Bertz CT molecular complexity index is 288. The third-order valence-corrected chi connectivity index (χ3v) is 2.13. The number of anilines is 2. The smallest absolute Gasteiger partial charge is 0.0761 e. The third kappa shape index (κ3) is 2.88. The van der Waals surface area contributed by atoms with E-state index in [1.54, 1.807) is 18.5 Å². The van der Waals surface area contributed by atoms with Crippen molar-refractivity contribution in [2.24, 2.45) is 5.92 Å². The molecule has 0 amide bonds. The lowest BCUT2D eigenvalue weighted by molar-refractivity contribution is 0.138. The highest BCUT2D eigenvalue weighted by Gasteiger charge is 2.08. The molecular formula is C10H17N3O. The molecule has 1 heterocycles. The summed E-state index contributed by atoms with van der Waals surface area (Å²) in [6.45, 7) is 4.44. The van der Waals surface area contributed by atoms with Crippen LogP contribution in [0.5, 0.6) is 0 Å². The maximum atomic E-state index is 9.55. The molecule has 78 valence electrons. The molecule has 4 nitrogen and oxygen atoms in total. The van der Waals surface area contributed by atoms with Crippen LogP contribution >= 0.6 is 0 Å². The van der Waals surface area contributed by atoms with E-state index in [1.165, 1.54) is 0 Å². The van der Waals surface area contributed by atoms with Crippen LogP contribution in [0.1, 0.15) is 13.8 Å². The summed E-state index contributed by atoms with van der Waals surface area (Å²) in [6, 6.07) is 1.73. The van der Waals surface area contributed by atoms with Gasteiger partial charge in [0.15, 0.2) is 0 Å². The number of nitrogens with zero attached hydrogens (tertiary/aromatic N) is 1. The van der Waals surface area contributed by atoms with E-state index in [9.17, 15) is 5.11 Å². The standard InChI is InChI=1S/C10H17N3O/c1-7(2)10(14)6-13-9-5-12-4-3-8(9)11/h3-5,7,10,13-14H,6H2,1-2H3,(H2,11,12). The van der Waals surface area contributed by atoms with E-state index in [0.717, 1.165) is 5.69 Å². The van der Waals surface area contributed by atoms with Crippen LogP contribution in [0.15, 0.2) is 18.5 Å². The fourth-order valence-corrected chi connectivity index (χ4v) is 1.00. The molecule has 0 aliphatic rings. The molecule has 0 fully saturated rings. The molecule has 1 aromatic heterocycles. The number of hydrogen-bond acceptors (Lipinski definition) is 4. The number of aliphatic hydroxyl groups is 1. The summed E-state index contributed by atoms with van der Waals surface area (Å²) >= 11 is 0. The Balaban J connectivity index is 2.50. The second kappa shape index (κ2) is 4.81. The molecule has 1 aromatic rings.